The first-order valence-corrected chi connectivity index (χ1v) is 9.74. The van der Waals surface area contributed by atoms with E-state index in [1.54, 1.807) is 18.6 Å². The predicted octanol–water partition coefficient (Wildman–Crippen LogP) is 3.32. The summed E-state index contributed by atoms with van der Waals surface area (Å²) in [5, 5.41) is 11.3. The molecule has 1 aliphatic heterocycles. The van der Waals surface area contributed by atoms with Crippen LogP contribution in [-0.4, -0.2) is 62.7 Å². The molecule has 0 bridgehead atoms. The third-order valence-electron chi connectivity index (χ3n) is 5.13. The van der Waals surface area contributed by atoms with Gasteiger partial charge < -0.3 is 14.6 Å². The summed E-state index contributed by atoms with van der Waals surface area (Å²) in [5.74, 6) is -0.161. The predicted molar refractivity (Wildman–Crippen MR) is 110 cm³/mol. The molecule has 1 aromatic carbocycles. The molecule has 9 heteroatoms. The van der Waals surface area contributed by atoms with Crippen LogP contribution >= 0.6 is 23.2 Å². The van der Waals surface area contributed by atoms with E-state index in [2.05, 4.69) is 4.98 Å². The Hall–Kier alpha value is -2.35. The number of aromatic nitrogens is 3. The lowest BCUT2D eigenvalue weighted by molar-refractivity contribution is -0.143. The molecule has 1 saturated heterocycles. The van der Waals surface area contributed by atoms with Gasteiger partial charge >= 0.3 is 5.97 Å². The van der Waals surface area contributed by atoms with Crippen molar-refractivity contribution in [2.75, 3.05) is 31.1 Å². The molecule has 7 nitrogen and oxygen atoms in total. The molecule has 3 aromatic rings. The number of anilines is 1. The van der Waals surface area contributed by atoms with E-state index in [1.165, 1.54) is 0 Å². The number of rotatable bonds is 4. The summed E-state index contributed by atoms with van der Waals surface area (Å²) < 4.78 is 1.88. The third kappa shape index (κ3) is 3.30. The number of aliphatic carboxylic acids is 1. The number of imidazole rings is 1. The minimum Gasteiger partial charge on any atom is -0.480 e. The zero-order chi connectivity index (χ0) is 19.8. The summed E-state index contributed by atoms with van der Waals surface area (Å²) in [6.45, 7) is 4.34. The highest BCUT2D eigenvalue weighted by Crippen LogP contribution is 2.35. The Morgan fingerprint density at radius 1 is 1.32 bits per heavy atom. The monoisotopic (exact) mass is 419 g/mol. The SMILES string of the molecule is CCN1CCN(c2cc(-n3ccnc3)c3ccc(Cl)c(Cl)c3n2)CC1C(=O)O. The average molecular weight is 420 g/mol. The van der Waals surface area contributed by atoms with Crippen LogP contribution in [0.1, 0.15) is 6.92 Å². The van der Waals surface area contributed by atoms with E-state index in [-0.39, 0.29) is 0 Å². The van der Waals surface area contributed by atoms with E-state index in [9.17, 15) is 9.90 Å². The Labute approximate surface area is 172 Å². The normalized spacial score (nSPS) is 18.0. The van der Waals surface area contributed by atoms with Crippen LogP contribution < -0.4 is 4.90 Å². The highest BCUT2D eigenvalue weighted by Gasteiger charge is 2.32. The van der Waals surface area contributed by atoms with Gasteiger partial charge in [-0.25, -0.2) is 9.97 Å². The number of hydrogen-bond donors (Lipinski definition) is 1. The highest BCUT2D eigenvalue weighted by atomic mass is 35.5. The molecule has 0 saturated carbocycles. The van der Waals surface area contributed by atoms with Crippen LogP contribution in [0.5, 0.6) is 0 Å². The third-order valence-corrected chi connectivity index (χ3v) is 5.92. The van der Waals surface area contributed by atoms with Gasteiger partial charge in [0.2, 0.25) is 0 Å². The second kappa shape index (κ2) is 7.58. The summed E-state index contributed by atoms with van der Waals surface area (Å²) in [4.78, 5) is 24.5. The van der Waals surface area contributed by atoms with Crippen molar-refractivity contribution in [2.45, 2.75) is 13.0 Å². The molecule has 0 spiro atoms. The molecule has 1 aliphatic rings. The number of carboxylic acid groups (broad SMARTS) is 1. The van der Waals surface area contributed by atoms with E-state index >= 15 is 0 Å². The van der Waals surface area contributed by atoms with Crippen LogP contribution in [0.2, 0.25) is 10.0 Å². The van der Waals surface area contributed by atoms with E-state index < -0.39 is 12.0 Å². The van der Waals surface area contributed by atoms with Crippen molar-refractivity contribution in [3.63, 3.8) is 0 Å². The number of likely N-dealkylation sites (N-methyl/N-ethyl adjacent to an activating group) is 1. The molecular formula is C19H19Cl2N5O2. The van der Waals surface area contributed by atoms with Gasteiger partial charge in [0.25, 0.3) is 0 Å². The molecule has 1 atom stereocenters. The van der Waals surface area contributed by atoms with E-state index in [4.69, 9.17) is 28.2 Å². The highest BCUT2D eigenvalue weighted by molar-refractivity contribution is 6.45. The quantitative estimate of drug-likeness (QED) is 0.698. The summed E-state index contributed by atoms with van der Waals surface area (Å²) in [6.07, 6.45) is 5.25. The van der Waals surface area contributed by atoms with Crippen molar-refractivity contribution in [3.05, 3.63) is 47.0 Å². The number of benzene rings is 1. The fourth-order valence-corrected chi connectivity index (χ4v) is 3.98. The molecule has 0 amide bonds. The summed E-state index contributed by atoms with van der Waals surface area (Å²) in [7, 11) is 0. The van der Waals surface area contributed by atoms with Crippen LogP contribution in [0.25, 0.3) is 16.6 Å². The number of fused-ring (bicyclic) bond motifs is 1. The molecule has 1 fully saturated rings. The molecule has 1 unspecified atom stereocenters. The molecule has 28 heavy (non-hydrogen) atoms. The zero-order valence-corrected chi connectivity index (χ0v) is 16.7. The van der Waals surface area contributed by atoms with Gasteiger partial charge in [-0.05, 0) is 18.7 Å². The van der Waals surface area contributed by atoms with Gasteiger partial charge in [0.05, 0.1) is 27.6 Å². The zero-order valence-electron chi connectivity index (χ0n) is 15.2. The smallest absolute Gasteiger partial charge is 0.322 e. The first kappa shape index (κ1) is 19.0. The van der Waals surface area contributed by atoms with Crippen LogP contribution in [0, 0.1) is 0 Å². The fourth-order valence-electron chi connectivity index (χ4n) is 3.62. The maximum atomic E-state index is 11.7. The topological polar surface area (TPSA) is 74.5 Å². The molecule has 146 valence electrons. The Morgan fingerprint density at radius 2 is 2.14 bits per heavy atom. The standard InChI is InChI=1S/C19H19Cl2N5O2/c1-2-24-7-8-25(10-15(24)19(27)28)16-9-14(26-6-5-22-11-26)12-3-4-13(20)17(21)18(12)23-16/h3-6,9,11,15H,2,7-8,10H2,1H3,(H,27,28). The first-order chi connectivity index (χ1) is 13.5. The van der Waals surface area contributed by atoms with E-state index in [0.29, 0.717) is 47.6 Å². The molecule has 3 heterocycles. The molecule has 1 N–H and O–H groups in total. The van der Waals surface area contributed by atoms with Gasteiger partial charge in [-0.15, -0.1) is 0 Å². The lowest BCUT2D eigenvalue weighted by Gasteiger charge is -2.39. The van der Waals surface area contributed by atoms with E-state index in [1.807, 2.05) is 39.6 Å². The molecule has 4 rings (SSSR count). The largest absolute Gasteiger partial charge is 0.480 e. The minimum atomic E-state index is -0.830. The van der Waals surface area contributed by atoms with Crippen LogP contribution in [-0.2, 0) is 4.79 Å². The second-order valence-corrected chi connectivity index (χ2v) is 7.44. The number of carboxylic acids is 1. The summed E-state index contributed by atoms with van der Waals surface area (Å²) in [6, 6.07) is 4.98. The van der Waals surface area contributed by atoms with Crippen LogP contribution in [0.15, 0.2) is 36.9 Å². The second-order valence-electron chi connectivity index (χ2n) is 6.66. The minimum absolute atomic E-state index is 0.350. The Morgan fingerprint density at radius 3 is 2.82 bits per heavy atom. The van der Waals surface area contributed by atoms with Crippen molar-refractivity contribution in [3.8, 4) is 5.69 Å². The van der Waals surface area contributed by atoms with E-state index in [0.717, 1.165) is 11.1 Å². The van der Waals surface area contributed by atoms with Crippen LogP contribution in [0.4, 0.5) is 5.82 Å². The van der Waals surface area contributed by atoms with Gasteiger partial charge in [-0.2, -0.15) is 0 Å². The van der Waals surface area contributed by atoms with Gasteiger partial charge in [0, 0.05) is 43.5 Å². The number of nitrogens with zero attached hydrogens (tertiary/aromatic N) is 5. The first-order valence-electron chi connectivity index (χ1n) is 8.98. The van der Waals surface area contributed by atoms with Crippen molar-refractivity contribution in [1.82, 2.24) is 19.4 Å². The lowest BCUT2D eigenvalue weighted by Crippen LogP contribution is -2.56. The number of halogens is 2. The van der Waals surface area contributed by atoms with Gasteiger partial charge in [-0.1, -0.05) is 30.1 Å². The van der Waals surface area contributed by atoms with Gasteiger partial charge in [0.1, 0.15) is 11.9 Å². The molecule has 2 aromatic heterocycles. The molecule has 0 radical (unpaired) electrons. The van der Waals surface area contributed by atoms with Gasteiger partial charge in [-0.3, -0.25) is 9.69 Å². The number of carbonyl (C=O) groups is 1. The number of pyridine rings is 1. The Bertz CT molecular complexity index is 1020. The van der Waals surface area contributed by atoms with Crippen molar-refractivity contribution < 1.29 is 9.90 Å². The lowest BCUT2D eigenvalue weighted by atomic mass is 10.1. The Balaban J connectivity index is 1.84. The molecule has 0 aliphatic carbocycles. The maximum Gasteiger partial charge on any atom is 0.322 e. The molecular weight excluding hydrogens is 401 g/mol. The van der Waals surface area contributed by atoms with Crippen molar-refractivity contribution in [1.29, 1.82) is 0 Å². The number of hydrogen-bond acceptors (Lipinski definition) is 5. The summed E-state index contributed by atoms with van der Waals surface area (Å²) >= 11 is 12.7. The maximum absolute atomic E-state index is 11.7. The average Bonchev–Trinajstić information content (AvgIpc) is 3.24. The van der Waals surface area contributed by atoms with Crippen LogP contribution in [0.3, 0.4) is 0 Å². The van der Waals surface area contributed by atoms with Crippen molar-refractivity contribution >= 4 is 45.9 Å². The summed E-state index contributed by atoms with van der Waals surface area (Å²) in [5.41, 5.74) is 1.45. The number of piperazine rings is 1. The Kier molecular flexibility index (Phi) is 5.14. The van der Waals surface area contributed by atoms with Crippen molar-refractivity contribution in [2.24, 2.45) is 0 Å². The fraction of sp³-hybridized carbons (Fsp3) is 0.316. The van der Waals surface area contributed by atoms with Gasteiger partial charge in [0.15, 0.2) is 0 Å².